The van der Waals surface area contributed by atoms with Crippen molar-refractivity contribution in [1.29, 1.82) is 0 Å². The summed E-state index contributed by atoms with van der Waals surface area (Å²) in [5.41, 5.74) is 1.01. The Labute approximate surface area is 112 Å². The Morgan fingerprint density at radius 1 is 1.24 bits per heavy atom. The van der Waals surface area contributed by atoms with E-state index in [1.54, 1.807) is 0 Å². The Morgan fingerprint density at radius 2 is 2.00 bits per heavy atom. The van der Waals surface area contributed by atoms with Crippen LogP contribution in [0, 0.1) is 0 Å². The molecule has 1 heterocycles. The predicted molar refractivity (Wildman–Crippen MR) is 74.0 cm³/mol. The van der Waals surface area contributed by atoms with Crippen LogP contribution in [0.5, 0.6) is 0 Å². The van der Waals surface area contributed by atoms with Crippen LogP contribution in [0.1, 0.15) is 37.4 Å². The SMILES string of the molecule is OC(CCN1CCCCC1)c1cccc(Br)c1. The average molecular weight is 298 g/mol. The third-order valence-corrected chi connectivity index (χ3v) is 3.89. The zero-order valence-electron chi connectivity index (χ0n) is 10.1. The van der Waals surface area contributed by atoms with Gasteiger partial charge < -0.3 is 10.0 Å². The monoisotopic (exact) mass is 297 g/mol. The van der Waals surface area contributed by atoms with Gasteiger partial charge in [0.15, 0.2) is 0 Å². The summed E-state index contributed by atoms with van der Waals surface area (Å²) >= 11 is 3.44. The van der Waals surface area contributed by atoms with Gasteiger partial charge in [-0.25, -0.2) is 0 Å². The minimum Gasteiger partial charge on any atom is -0.388 e. The highest BCUT2D eigenvalue weighted by molar-refractivity contribution is 9.10. The van der Waals surface area contributed by atoms with Crippen LogP contribution < -0.4 is 0 Å². The molecule has 1 unspecified atom stereocenters. The van der Waals surface area contributed by atoms with E-state index in [2.05, 4.69) is 20.8 Å². The van der Waals surface area contributed by atoms with Crippen molar-refractivity contribution in [3.8, 4) is 0 Å². The Bertz CT molecular complexity index is 350. The lowest BCUT2D eigenvalue weighted by Crippen LogP contribution is -2.31. The number of likely N-dealkylation sites (tertiary alicyclic amines) is 1. The van der Waals surface area contributed by atoms with E-state index in [-0.39, 0.29) is 6.10 Å². The van der Waals surface area contributed by atoms with E-state index in [4.69, 9.17) is 0 Å². The second-order valence-corrected chi connectivity index (χ2v) is 5.68. The molecule has 1 aliphatic rings. The van der Waals surface area contributed by atoms with Gasteiger partial charge in [0.05, 0.1) is 6.10 Å². The van der Waals surface area contributed by atoms with Crippen molar-refractivity contribution in [1.82, 2.24) is 4.90 Å². The first-order valence-corrected chi connectivity index (χ1v) is 7.21. The summed E-state index contributed by atoms with van der Waals surface area (Å²) in [5, 5.41) is 10.1. The quantitative estimate of drug-likeness (QED) is 0.921. The standard InChI is InChI=1S/C14H20BrNO/c15-13-6-4-5-12(11-13)14(17)7-10-16-8-2-1-3-9-16/h4-6,11,14,17H,1-3,7-10H2. The van der Waals surface area contributed by atoms with Crippen LogP contribution in [0.25, 0.3) is 0 Å². The number of aliphatic hydroxyl groups is 1. The Morgan fingerprint density at radius 3 is 2.71 bits per heavy atom. The van der Waals surface area contributed by atoms with Crippen LogP contribution in [0.4, 0.5) is 0 Å². The van der Waals surface area contributed by atoms with Gasteiger partial charge in [0.25, 0.3) is 0 Å². The van der Waals surface area contributed by atoms with Crippen LogP contribution in [-0.2, 0) is 0 Å². The molecule has 0 spiro atoms. The van der Waals surface area contributed by atoms with Crippen molar-refractivity contribution in [2.24, 2.45) is 0 Å². The van der Waals surface area contributed by atoms with Crippen LogP contribution in [0.15, 0.2) is 28.7 Å². The molecule has 2 nitrogen and oxygen atoms in total. The molecule has 1 aliphatic heterocycles. The molecule has 0 bridgehead atoms. The molecule has 17 heavy (non-hydrogen) atoms. The van der Waals surface area contributed by atoms with Gasteiger partial charge in [-0.15, -0.1) is 0 Å². The maximum atomic E-state index is 10.1. The summed E-state index contributed by atoms with van der Waals surface area (Å²) < 4.78 is 1.03. The van der Waals surface area contributed by atoms with Gasteiger partial charge in [-0.3, -0.25) is 0 Å². The molecule has 1 aromatic rings. The molecule has 1 aromatic carbocycles. The lowest BCUT2D eigenvalue weighted by Gasteiger charge is -2.27. The summed E-state index contributed by atoms with van der Waals surface area (Å²) in [6.45, 7) is 3.41. The highest BCUT2D eigenvalue weighted by Crippen LogP contribution is 2.21. The lowest BCUT2D eigenvalue weighted by molar-refractivity contribution is 0.134. The van der Waals surface area contributed by atoms with Gasteiger partial charge >= 0.3 is 0 Å². The molecule has 2 rings (SSSR count). The van der Waals surface area contributed by atoms with Crippen LogP contribution in [-0.4, -0.2) is 29.6 Å². The van der Waals surface area contributed by atoms with Crippen molar-refractivity contribution in [3.05, 3.63) is 34.3 Å². The Kier molecular flexibility index (Phi) is 5.01. The summed E-state index contributed by atoms with van der Waals surface area (Å²) in [5.74, 6) is 0. The fourth-order valence-electron chi connectivity index (χ4n) is 2.37. The molecule has 1 N–H and O–H groups in total. The summed E-state index contributed by atoms with van der Waals surface area (Å²) in [7, 11) is 0. The average Bonchev–Trinajstić information content (AvgIpc) is 2.37. The fraction of sp³-hybridized carbons (Fsp3) is 0.571. The zero-order valence-corrected chi connectivity index (χ0v) is 11.7. The number of piperidine rings is 1. The Balaban J connectivity index is 1.82. The topological polar surface area (TPSA) is 23.5 Å². The molecule has 1 saturated heterocycles. The molecule has 0 aliphatic carbocycles. The molecule has 0 amide bonds. The number of hydrogen-bond donors (Lipinski definition) is 1. The maximum Gasteiger partial charge on any atom is 0.0802 e. The predicted octanol–water partition coefficient (Wildman–Crippen LogP) is 3.36. The van der Waals surface area contributed by atoms with Gasteiger partial charge in [0.1, 0.15) is 0 Å². The van der Waals surface area contributed by atoms with Gasteiger partial charge in [-0.05, 0) is 50.0 Å². The van der Waals surface area contributed by atoms with E-state index in [1.807, 2.05) is 24.3 Å². The molecule has 1 fully saturated rings. The highest BCUT2D eigenvalue weighted by Gasteiger charge is 2.13. The minimum atomic E-state index is -0.338. The van der Waals surface area contributed by atoms with Crippen molar-refractivity contribution in [3.63, 3.8) is 0 Å². The van der Waals surface area contributed by atoms with Gasteiger partial charge in [-0.1, -0.05) is 34.5 Å². The number of benzene rings is 1. The molecule has 0 radical (unpaired) electrons. The molecule has 94 valence electrons. The normalized spacial score (nSPS) is 19.2. The number of halogens is 1. The number of aliphatic hydroxyl groups excluding tert-OH is 1. The van der Waals surface area contributed by atoms with Gasteiger partial charge in [0.2, 0.25) is 0 Å². The van der Waals surface area contributed by atoms with E-state index in [0.717, 1.165) is 23.0 Å². The van der Waals surface area contributed by atoms with Crippen molar-refractivity contribution in [2.45, 2.75) is 31.8 Å². The van der Waals surface area contributed by atoms with E-state index in [1.165, 1.54) is 32.4 Å². The smallest absolute Gasteiger partial charge is 0.0802 e. The second kappa shape index (κ2) is 6.53. The fourth-order valence-corrected chi connectivity index (χ4v) is 2.79. The number of hydrogen-bond acceptors (Lipinski definition) is 2. The Hall–Kier alpha value is -0.380. The largest absolute Gasteiger partial charge is 0.388 e. The van der Waals surface area contributed by atoms with Crippen LogP contribution in [0.2, 0.25) is 0 Å². The summed E-state index contributed by atoms with van der Waals surface area (Å²) in [6, 6.07) is 7.96. The molecular formula is C14H20BrNO. The first-order chi connectivity index (χ1) is 8.25. The third kappa shape index (κ3) is 4.09. The molecule has 1 atom stereocenters. The number of nitrogens with zero attached hydrogens (tertiary/aromatic N) is 1. The first kappa shape index (κ1) is 13.1. The van der Waals surface area contributed by atoms with Gasteiger partial charge in [-0.2, -0.15) is 0 Å². The van der Waals surface area contributed by atoms with Crippen molar-refractivity contribution in [2.75, 3.05) is 19.6 Å². The first-order valence-electron chi connectivity index (χ1n) is 6.41. The van der Waals surface area contributed by atoms with Crippen LogP contribution in [0.3, 0.4) is 0 Å². The summed E-state index contributed by atoms with van der Waals surface area (Å²) in [6.07, 6.45) is 4.48. The second-order valence-electron chi connectivity index (χ2n) is 4.76. The van der Waals surface area contributed by atoms with E-state index >= 15 is 0 Å². The molecular weight excluding hydrogens is 278 g/mol. The maximum absolute atomic E-state index is 10.1. The van der Waals surface area contributed by atoms with E-state index in [9.17, 15) is 5.11 Å². The van der Waals surface area contributed by atoms with Gasteiger partial charge in [0, 0.05) is 11.0 Å². The van der Waals surface area contributed by atoms with Crippen molar-refractivity contribution < 1.29 is 5.11 Å². The van der Waals surface area contributed by atoms with E-state index in [0.29, 0.717) is 0 Å². The minimum absolute atomic E-state index is 0.338. The molecule has 0 saturated carbocycles. The van der Waals surface area contributed by atoms with E-state index < -0.39 is 0 Å². The third-order valence-electron chi connectivity index (χ3n) is 3.40. The molecule has 0 aromatic heterocycles. The van der Waals surface area contributed by atoms with Crippen molar-refractivity contribution >= 4 is 15.9 Å². The zero-order chi connectivity index (χ0) is 12.1. The summed E-state index contributed by atoms with van der Waals surface area (Å²) in [4.78, 5) is 2.46. The highest BCUT2D eigenvalue weighted by atomic mass is 79.9. The lowest BCUT2D eigenvalue weighted by atomic mass is 10.1. The van der Waals surface area contributed by atoms with Crippen LogP contribution >= 0.6 is 15.9 Å². The molecule has 3 heteroatoms. The number of rotatable bonds is 4.